The number of thiazole rings is 1. The molecule has 1 aromatic carbocycles. The fourth-order valence-electron chi connectivity index (χ4n) is 2.80. The van der Waals surface area contributed by atoms with Gasteiger partial charge in [-0.1, -0.05) is 6.07 Å². The van der Waals surface area contributed by atoms with Crippen molar-refractivity contribution in [3.05, 3.63) is 51.5 Å². The fourth-order valence-corrected chi connectivity index (χ4v) is 4.56. The quantitative estimate of drug-likeness (QED) is 0.301. The molecular formula is C22H23N3O3S2. The van der Waals surface area contributed by atoms with Gasteiger partial charge in [-0.05, 0) is 61.9 Å². The molecule has 1 fully saturated rings. The summed E-state index contributed by atoms with van der Waals surface area (Å²) < 4.78 is 12.8. The summed E-state index contributed by atoms with van der Waals surface area (Å²) >= 11 is 3.24. The summed E-state index contributed by atoms with van der Waals surface area (Å²) in [5.41, 5.74) is 1.84. The minimum atomic E-state index is -0.191. The average molecular weight is 442 g/mol. The Balaban J connectivity index is 1.65. The molecule has 0 aliphatic heterocycles. The van der Waals surface area contributed by atoms with E-state index in [-0.39, 0.29) is 17.9 Å². The van der Waals surface area contributed by atoms with Gasteiger partial charge in [0.1, 0.15) is 0 Å². The Labute approximate surface area is 183 Å². The van der Waals surface area contributed by atoms with Crippen LogP contribution >= 0.6 is 22.7 Å². The van der Waals surface area contributed by atoms with Gasteiger partial charge in [0, 0.05) is 11.4 Å². The standard InChI is InChI=1S/C22H23N3O3S2/c1-14(2)24-22-25(17(13-30-22)20-5-4-10-29-20)23-12-15-6-9-18(19(11-15)27-3)28-21(26)16-7-8-16/h4-6,9-14,16H,7-8H2,1-3H3. The van der Waals surface area contributed by atoms with Crippen LogP contribution in [0.3, 0.4) is 0 Å². The highest BCUT2D eigenvalue weighted by Crippen LogP contribution is 2.34. The normalized spacial score (nSPS) is 14.6. The Hall–Kier alpha value is -2.71. The number of methoxy groups -OCH3 is 1. The van der Waals surface area contributed by atoms with Crippen LogP contribution in [0.5, 0.6) is 11.5 Å². The Morgan fingerprint density at radius 3 is 2.73 bits per heavy atom. The second-order valence-electron chi connectivity index (χ2n) is 7.27. The number of hydrogen-bond donors (Lipinski definition) is 0. The van der Waals surface area contributed by atoms with Crippen molar-refractivity contribution >= 4 is 34.9 Å². The van der Waals surface area contributed by atoms with E-state index in [2.05, 4.69) is 11.4 Å². The van der Waals surface area contributed by atoms with Crippen molar-refractivity contribution in [3.63, 3.8) is 0 Å². The van der Waals surface area contributed by atoms with Crippen LogP contribution < -0.4 is 14.3 Å². The highest BCUT2D eigenvalue weighted by atomic mass is 32.1. The van der Waals surface area contributed by atoms with Crippen molar-refractivity contribution in [3.8, 4) is 22.1 Å². The third-order valence-electron chi connectivity index (χ3n) is 4.46. The van der Waals surface area contributed by atoms with E-state index in [1.807, 2.05) is 42.1 Å². The van der Waals surface area contributed by atoms with E-state index in [0.717, 1.165) is 33.8 Å². The molecule has 6 nitrogen and oxygen atoms in total. The number of nitrogens with zero attached hydrogens (tertiary/aromatic N) is 3. The molecule has 0 atom stereocenters. The number of rotatable bonds is 7. The predicted octanol–water partition coefficient (Wildman–Crippen LogP) is 4.79. The smallest absolute Gasteiger partial charge is 0.314 e. The third kappa shape index (κ3) is 4.71. The van der Waals surface area contributed by atoms with Crippen LogP contribution in [-0.2, 0) is 4.79 Å². The second kappa shape index (κ2) is 8.97. The Bertz CT molecular complexity index is 1120. The molecule has 1 aliphatic rings. The van der Waals surface area contributed by atoms with Gasteiger partial charge in [-0.25, -0.2) is 4.68 Å². The minimum Gasteiger partial charge on any atom is -0.493 e. The molecule has 0 saturated heterocycles. The molecule has 0 radical (unpaired) electrons. The fraction of sp³-hybridized carbons (Fsp3) is 0.318. The summed E-state index contributed by atoms with van der Waals surface area (Å²) in [7, 11) is 1.56. The first-order chi connectivity index (χ1) is 14.5. The topological polar surface area (TPSA) is 65.2 Å². The number of carbonyl (C=O) groups is 1. The molecule has 0 bridgehead atoms. The van der Waals surface area contributed by atoms with Gasteiger partial charge < -0.3 is 9.47 Å². The number of carbonyl (C=O) groups excluding carboxylic acids is 1. The first-order valence-electron chi connectivity index (χ1n) is 9.77. The molecule has 156 valence electrons. The lowest BCUT2D eigenvalue weighted by molar-refractivity contribution is -0.135. The minimum absolute atomic E-state index is 0.0322. The highest BCUT2D eigenvalue weighted by Gasteiger charge is 2.32. The van der Waals surface area contributed by atoms with Crippen LogP contribution in [0.2, 0.25) is 0 Å². The zero-order chi connectivity index (χ0) is 21.1. The molecule has 0 N–H and O–H groups in total. The lowest BCUT2D eigenvalue weighted by Gasteiger charge is -2.09. The van der Waals surface area contributed by atoms with E-state index in [0.29, 0.717) is 11.5 Å². The van der Waals surface area contributed by atoms with E-state index in [4.69, 9.17) is 19.6 Å². The molecule has 3 aromatic rings. The summed E-state index contributed by atoms with van der Waals surface area (Å²) in [6, 6.07) is 9.69. The molecule has 0 unspecified atom stereocenters. The summed E-state index contributed by atoms with van der Waals surface area (Å²) in [6.07, 6.45) is 3.57. The molecule has 30 heavy (non-hydrogen) atoms. The van der Waals surface area contributed by atoms with Crippen LogP contribution in [0, 0.1) is 5.92 Å². The maximum Gasteiger partial charge on any atom is 0.314 e. The van der Waals surface area contributed by atoms with E-state index in [1.54, 1.807) is 42.1 Å². The molecule has 0 spiro atoms. The van der Waals surface area contributed by atoms with E-state index >= 15 is 0 Å². The van der Waals surface area contributed by atoms with E-state index in [1.165, 1.54) is 0 Å². The van der Waals surface area contributed by atoms with Crippen molar-refractivity contribution < 1.29 is 14.3 Å². The lowest BCUT2D eigenvalue weighted by atomic mass is 10.2. The molecule has 8 heteroatoms. The average Bonchev–Trinajstić information content (AvgIpc) is 3.31. The third-order valence-corrected chi connectivity index (χ3v) is 6.18. The number of aromatic nitrogens is 1. The Kier molecular flexibility index (Phi) is 6.15. The van der Waals surface area contributed by atoms with E-state index in [9.17, 15) is 4.79 Å². The molecule has 4 rings (SSSR count). The SMILES string of the molecule is COc1cc(C=Nn2c(-c3cccs3)csc2=NC(C)C)ccc1OC(=O)C1CC1. The molecule has 0 amide bonds. The number of ether oxygens (including phenoxy) is 2. The summed E-state index contributed by atoms with van der Waals surface area (Å²) in [5, 5.41) is 8.82. The van der Waals surface area contributed by atoms with E-state index < -0.39 is 0 Å². The van der Waals surface area contributed by atoms with Gasteiger partial charge in [0.05, 0.1) is 29.8 Å². The van der Waals surface area contributed by atoms with Crippen molar-refractivity contribution in [2.45, 2.75) is 32.7 Å². The zero-order valence-corrected chi connectivity index (χ0v) is 18.7. The van der Waals surface area contributed by atoms with Gasteiger partial charge >= 0.3 is 5.97 Å². The number of hydrogen-bond acceptors (Lipinski definition) is 7. The van der Waals surface area contributed by atoms with Crippen LogP contribution in [0.1, 0.15) is 32.3 Å². The van der Waals surface area contributed by atoms with Gasteiger partial charge in [0.2, 0.25) is 4.80 Å². The van der Waals surface area contributed by atoms with Crippen LogP contribution in [0.25, 0.3) is 10.6 Å². The van der Waals surface area contributed by atoms with Gasteiger partial charge in [-0.15, -0.1) is 22.7 Å². The summed E-state index contributed by atoms with van der Waals surface area (Å²) in [4.78, 5) is 18.6. The second-order valence-corrected chi connectivity index (χ2v) is 9.05. The summed E-state index contributed by atoms with van der Waals surface area (Å²) in [6.45, 7) is 4.09. The zero-order valence-electron chi connectivity index (χ0n) is 17.1. The van der Waals surface area contributed by atoms with Gasteiger partial charge in [0.25, 0.3) is 0 Å². The number of esters is 1. The maximum absolute atomic E-state index is 12.0. The monoisotopic (exact) mass is 441 g/mol. The molecule has 2 aromatic heterocycles. The van der Waals surface area contributed by atoms with Crippen LogP contribution in [0.4, 0.5) is 0 Å². The van der Waals surface area contributed by atoms with Gasteiger partial charge in [-0.3, -0.25) is 9.79 Å². The maximum atomic E-state index is 12.0. The van der Waals surface area contributed by atoms with Crippen LogP contribution in [-0.4, -0.2) is 30.0 Å². The van der Waals surface area contributed by atoms with Gasteiger partial charge in [0.15, 0.2) is 11.5 Å². The summed E-state index contributed by atoms with van der Waals surface area (Å²) in [5.74, 6) is 0.784. The highest BCUT2D eigenvalue weighted by molar-refractivity contribution is 7.14. The van der Waals surface area contributed by atoms with Crippen molar-refractivity contribution in [1.82, 2.24) is 4.68 Å². The van der Waals surface area contributed by atoms with Crippen molar-refractivity contribution in [2.75, 3.05) is 7.11 Å². The first-order valence-corrected chi connectivity index (χ1v) is 11.5. The molecule has 1 aliphatic carbocycles. The predicted molar refractivity (Wildman–Crippen MR) is 121 cm³/mol. The van der Waals surface area contributed by atoms with Gasteiger partial charge in [-0.2, -0.15) is 5.10 Å². The molecule has 2 heterocycles. The van der Waals surface area contributed by atoms with Crippen LogP contribution in [0.15, 0.2) is 51.2 Å². The molecule has 1 saturated carbocycles. The number of thiophene rings is 1. The molecular weight excluding hydrogens is 418 g/mol. The largest absolute Gasteiger partial charge is 0.493 e. The first kappa shape index (κ1) is 20.6. The lowest BCUT2D eigenvalue weighted by Crippen LogP contribution is -2.14. The van der Waals surface area contributed by atoms with Crippen molar-refractivity contribution in [1.29, 1.82) is 0 Å². The van der Waals surface area contributed by atoms with Crippen molar-refractivity contribution in [2.24, 2.45) is 16.0 Å². The Morgan fingerprint density at radius 2 is 2.07 bits per heavy atom. The Morgan fingerprint density at radius 1 is 1.23 bits per heavy atom. The number of benzene rings is 1.